The Kier molecular flexibility index (Phi) is 5.94. The van der Waals surface area contributed by atoms with Crippen molar-refractivity contribution in [3.05, 3.63) is 74.1 Å². The minimum atomic E-state index is -1.06. The first kappa shape index (κ1) is 19.2. The van der Waals surface area contributed by atoms with Gasteiger partial charge in [0.2, 0.25) is 0 Å². The maximum Gasteiger partial charge on any atom is 0.313 e. The van der Waals surface area contributed by atoms with Crippen LogP contribution in [0.3, 0.4) is 0 Å². The van der Waals surface area contributed by atoms with Crippen molar-refractivity contribution in [3.63, 3.8) is 0 Å². The number of rotatable bonds is 5. The molecule has 0 fully saturated rings. The van der Waals surface area contributed by atoms with Crippen molar-refractivity contribution in [2.24, 2.45) is 0 Å². The van der Waals surface area contributed by atoms with Crippen LogP contribution in [0, 0.1) is 11.6 Å². The lowest BCUT2D eigenvalue weighted by molar-refractivity contribution is -0.136. The zero-order chi connectivity index (χ0) is 19.4. The average Bonchev–Trinajstić information content (AvgIpc) is 3.33. The molecular weight excluding hydrogens is 394 g/mol. The first-order valence-corrected chi connectivity index (χ1v) is 9.48. The highest BCUT2D eigenvalue weighted by molar-refractivity contribution is 7.12. The van der Waals surface area contributed by atoms with Gasteiger partial charge in [-0.25, -0.2) is 8.78 Å². The fraction of sp³-hybridized carbons (Fsp3) is 0.111. The zero-order valence-electron chi connectivity index (χ0n) is 13.7. The summed E-state index contributed by atoms with van der Waals surface area (Å²) in [5.74, 6) is -3.77. The van der Waals surface area contributed by atoms with Crippen molar-refractivity contribution in [2.45, 2.75) is 12.6 Å². The number of carbonyl (C=O) groups is 2. The van der Waals surface area contributed by atoms with Gasteiger partial charge in [0.05, 0.1) is 12.2 Å². The van der Waals surface area contributed by atoms with E-state index in [1.54, 1.807) is 12.1 Å². The van der Waals surface area contributed by atoms with E-state index in [0.29, 0.717) is 6.07 Å². The van der Waals surface area contributed by atoms with E-state index in [-0.39, 0.29) is 12.2 Å². The van der Waals surface area contributed by atoms with Crippen molar-refractivity contribution in [2.75, 3.05) is 5.32 Å². The molecule has 3 aromatic rings. The van der Waals surface area contributed by atoms with Crippen LogP contribution < -0.4 is 10.6 Å². The Labute approximate surface area is 161 Å². The Morgan fingerprint density at radius 2 is 1.89 bits per heavy atom. The van der Waals surface area contributed by atoms with Gasteiger partial charge in [0.25, 0.3) is 0 Å². The summed E-state index contributed by atoms with van der Waals surface area (Å²) < 4.78 is 26.4. The van der Waals surface area contributed by atoms with Gasteiger partial charge in [0.15, 0.2) is 0 Å². The van der Waals surface area contributed by atoms with E-state index in [0.717, 1.165) is 26.8 Å². The lowest BCUT2D eigenvalue weighted by Crippen LogP contribution is -2.35. The predicted molar refractivity (Wildman–Crippen MR) is 99.5 cm³/mol. The summed E-state index contributed by atoms with van der Waals surface area (Å²) in [5, 5.41) is 16.7. The van der Waals surface area contributed by atoms with Crippen LogP contribution in [-0.2, 0) is 16.1 Å². The first-order chi connectivity index (χ1) is 12.9. The Hall–Kier alpha value is -2.62. The molecule has 0 saturated carbocycles. The molecule has 27 heavy (non-hydrogen) atoms. The molecule has 3 rings (SSSR count). The van der Waals surface area contributed by atoms with Gasteiger partial charge >= 0.3 is 11.8 Å². The van der Waals surface area contributed by atoms with Crippen LogP contribution in [0.4, 0.5) is 14.5 Å². The van der Waals surface area contributed by atoms with E-state index in [9.17, 15) is 23.5 Å². The van der Waals surface area contributed by atoms with Crippen molar-refractivity contribution in [1.82, 2.24) is 5.32 Å². The van der Waals surface area contributed by atoms with Gasteiger partial charge in [0.1, 0.15) is 17.7 Å². The number of halogens is 2. The van der Waals surface area contributed by atoms with E-state index in [1.807, 2.05) is 17.5 Å². The van der Waals surface area contributed by atoms with E-state index in [2.05, 4.69) is 10.6 Å². The Morgan fingerprint density at radius 3 is 2.59 bits per heavy atom. The molecule has 1 aromatic carbocycles. The number of anilines is 1. The third-order valence-corrected chi connectivity index (χ3v) is 5.64. The number of nitrogens with one attached hydrogen (secondary N) is 2. The molecule has 2 amide bonds. The standard InChI is InChI=1S/C18H14F2N2O3S2/c19-10-3-5-13(12(20)8-10)22-18(25)17(24)21-9-11-4-6-15(27-11)16(23)14-2-1-7-26-14/h1-8,16,23H,9H2,(H,21,24)(H,22,25). The molecule has 140 valence electrons. The van der Waals surface area contributed by atoms with Crippen LogP contribution in [0.2, 0.25) is 0 Å². The van der Waals surface area contributed by atoms with Gasteiger partial charge in [-0.2, -0.15) is 0 Å². The summed E-state index contributed by atoms with van der Waals surface area (Å²) in [6.07, 6.45) is -0.732. The summed E-state index contributed by atoms with van der Waals surface area (Å²) >= 11 is 2.75. The molecule has 2 aromatic heterocycles. The van der Waals surface area contributed by atoms with Gasteiger partial charge in [-0.05, 0) is 35.7 Å². The average molecular weight is 408 g/mol. The summed E-state index contributed by atoms with van der Waals surface area (Å²) in [6.45, 7) is 0.0833. The molecule has 1 unspecified atom stereocenters. The number of hydrogen-bond donors (Lipinski definition) is 3. The fourth-order valence-corrected chi connectivity index (χ4v) is 4.00. The number of carbonyl (C=O) groups excluding carboxylic acids is 2. The SMILES string of the molecule is O=C(NCc1ccc(C(O)c2cccs2)s1)C(=O)Nc1ccc(F)cc1F. The Bertz CT molecular complexity index is 957. The van der Waals surface area contributed by atoms with Gasteiger partial charge < -0.3 is 15.7 Å². The smallest absolute Gasteiger partial charge is 0.313 e. The number of benzene rings is 1. The number of aliphatic hydroxyl groups is 1. The Morgan fingerprint density at radius 1 is 1.07 bits per heavy atom. The summed E-state index contributed by atoms with van der Waals surface area (Å²) in [6, 6.07) is 9.80. The van der Waals surface area contributed by atoms with Crippen molar-refractivity contribution >= 4 is 40.2 Å². The van der Waals surface area contributed by atoms with Crippen LogP contribution >= 0.6 is 22.7 Å². The topological polar surface area (TPSA) is 78.4 Å². The first-order valence-electron chi connectivity index (χ1n) is 7.78. The molecule has 0 saturated heterocycles. The molecule has 3 N–H and O–H groups in total. The molecule has 0 bridgehead atoms. The van der Waals surface area contributed by atoms with Crippen molar-refractivity contribution in [3.8, 4) is 0 Å². The minimum absolute atomic E-state index is 0.0833. The lowest BCUT2D eigenvalue weighted by Gasteiger charge is -2.07. The molecule has 0 aliphatic carbocycles. The van der Waals surface area contributed by atoms with Crippen LogP contribution in [0.5, 0.6) is 0 Å². The molecule has 0 radical (unpaired) electrons. The van der Waals surface area contributed by atoms with Crippen LogP contribution in [0.15, 0.2) is 47.8 Å². The molecule has 9 heteroatoms. The third kappa shape index (κ3) is 4.76. The normalized spacial score (nSPS) is 11.8. The van der Waals surface area contributed by atoms with E-state index in [4.69, 9.17) is 0 Å². The molecule has 0 aliphatic heterocycles. The molecule has 5 nitrogen and oxygen atoms in total. The zero-order valence-corrected chi connectivity index (χ0v) is 15.4. The maximum absolute atomic E-state index is 13.5. The fourth-order valence-electron chi connectivity index (χ4n) is 2.24. The quantitative estimate of drug-likeness (QED) is 0.566. The summed E-state index contributed by atoms with van der Waals surface area (Å²) in [5.41, 5.74) is -0.283. The van der Waals surface area contributed by atoms with Crippen LogP contribution in [-0.4, -0.2) is 16.9 Å². The third-order valence-electron chi connectivity index (χ3n) is 3.57. The number of thiophene rings is 2. The second kappa shape index (κ2) is 8.38. The monoisotopic (exact) mass is 408 g/mol. The van der Waals surface area contributed by atoms with Crippen molar-refractivity contribution < 1.29 is 23.5 Å². The van der Waals surface area contributed by atoms with Gasteiger partial charge in [0, 0.05) is 20.7 Å². The number of aliphatic hydroxyl groups excluding tert-OH is 1. The molecule has 1 atom stereocenters. The maximum atomic E-state index is 13.5. The second-order valence-corrected chi connectivity index (χ2v) is 7.66. The van der Waals surface area contributed by atoms with E-state index >= 15 is 0 Å². The Balaban J connectivity index is 1.55. The minimum Gasteiger partial charge on any atom is -0.382 e. The summed E-state index contributed by atoms with van der Waals surface area (Å²) in [7, 11) is 0. The van der Waals surface area contributed by atoms with Crippen LogP contribution in [0.1, 0.15) is 20.7 Å². The summed E-state index contributed by atoms with van der Waals surface area (Å²) in [4.78, 5) is 26.0. The highest BCUT2D eigenvalue weighted by Gasteiger charge is 2.17. The largest absolute Gasteiger partial charge is 0.382 e. The van der Waals surface area contributed by atoms with Crippen LogP contribution in [0.25, 0.3) is 0 Å². The number of amides is 2. The van der Waals surface area contributed by atoms with Gasteiger partial charge in [-0.1, -0.05) is 6.07 Å². The van der Waals surface area contributed by atoms with E-state index in [1.165, 1.54) is 22.7 Å². The van der Waals surface area contributed by atoms with Gasteiger partial charge in [-0.15, -0.1) is 22.7 Å². The molecule has 0 aliphatic rings. The van der Waals surface area contributed by atoms with Gasteiger partial charge in [-0.3, -0.25) is 9.59 Å². The highest BCUT2D eigenvalue weighted by atomic mass is 32.1. The number of hydrogen-bond acceptors (Lipinski definition) is 5. The molecule has 0 spiro atoms. The van der Waals surface area contributed by atoms with Crippen molar-refractivity contribution in [1.29, 1.82) is 0 Å². The predicted octanol–water partition coefficient (Wildman–Crippen LogP) is 3.42. The second-order valence-electron chi connectivity index (χ2n) is 5.48. The molecule has 2 heterocycles. The highest BCUT2D eigenvalue weighted by Crippen LogP contribution is 2.30. The lowest BCUT2D eigenvalue weighted by atomic mass is 10.2. The molecular formula is C18H14F2N2O3S2. The van der Waals surface area contributed by atoms with E-state index < -0.39 is 29.6 Å².